The van der Waals surface area contributed by atoms with Gasteiger partial charge >= 0.3 is 0 Å². The number of hydrogen-bond donors (Lipinski definition) is 2. The Labute approximate surface area is 79.0 Å². The third kappa shape index (κ3) is 1.91. The van der Waals surface area contributed by atoms with E-state index in [9.17, 15) is 0 Å². The van der Waals surface area contributed by atoms with Gasteiger partial charge < -0.3 is 10.3 Å². The van der Waals surface area contributed by atoms with Crippen molar-refractivity contribution in [3.8, 4) is 0 Å². The summed E-state index contributed by atoms with van der Waals surface area (Å²) >= 11 is 0. The highest BCUT2D eigenvalue weighted by atomic mass is 15.0. The van der Waals surface area contributed by atoms with Crippen molar-refractivity contribution in [2.75, 3.05) is 0 Å². The van der Waals surface area contributed by atoms with Crippen LogP contribution in [0, 0.1) is 6.92 Å². The van der Waals surface area contributed by atoms with Crippen LogP contribution in [0.25, 0.3) is 0 Å². The average Bonchev–Trinajstić information content (AvgIpc) is 2.44. The average molecular weight is 179 g/mol. The Morgan fingerprint density at radius 2 is 2.38 bits per heavy atom. The van der Waals surface area contributed by atoms with Gasteiger partial charge in [-0.3, -0.25) is 0 Å². The van der Waals surface area contributed by atoms with E-state index in [-0.39, 0.29) is 0 Å². The van der Waals surface area contributed by atoms with Gasteiger partial charge in [0, 0.05) is 24.0 Å². The number of nitrogens with one attached hydrogen (secondary N) is 2. The van der Waals surface area contributed by atoms with Gasteiger partial charge in [0.15, 0.2) is 0 Å². The third-order valence-corrected chi connectivity index (χ3v) is 2.92. The normalized spacial score (nSPS) is 19.8. The summed E-state index contributed by atoms with van der Waals surface area (Å²) in [4.78, 5) is 7.39. The highest BCUT2D eigenvalue weighted by molar-refractivity contribution is 5.01. The molecule has 0 amide bonds. The van der Waals surface area contributed by atoms with Crippen LogP contribution >= 0.6 is 0 Å². The van der Waals surface area contributed by atoms with Gasteiger partial charge in [0.05, 0.1) is 0 Å². The zero-order chi connectivity index (χ0) is 9.31. The molecular weight excluding hydrogens is 162 g/mol. The molecule has 1 aliphatic carbocycles. The van der Waals surface area contributed by atoms with Crippen LogP contribution in [0.15, 0.2) is 6.20 Å². The van der Waals surface area contributed by atoms with Gasteiger partial charge in [0.25, 0.3) is 0 Å². The molecule has 0 aromatic carbocycles. The van der Waals surface area contributed by atoms with E-state index in [1.165, 1.54) is 25.0 Å². The molecule has 0 saturated heterocycles. The van der Waals surface area contributed by atoms with E-state index in [0.29, 0.717) is 5.54 Å². The Balaban J connectivity index is 1.85. The minimum Gasteiger partial charge on any atom is -0.345 e. The molecule has 0 atom stereocenters. The SMILES string of the molecule is Cc1ncc(CNC2(C)CCC2)[nH]1. The fourth-order valence-electron chi connectivity index (χ4n) is 1.75. The number of aromatic amines is 1. The quantitative estimate of drug-likeness (QED) is 0.742. The van der Waals surface area contributed by atoms with Crippen LogP contribution in [0.5, 0.6) is 0 Å². The number of rotatable bonds is 3. The second-order valence-electron chi connectivity index (χ2n) is 4.26. The first kappa shape index (κ1) is 8.75. The molecule has 13 heavy (non-hydrogen) atoms. The van der Waals surface area contributed by atoms with Gasteiger partial charge in [-0.05, 0) is 33.1 Å². The molecule has 1 aromatic rings. The van der Waals surface area contributed by atoms with Gasteiger partial charge in [-0.2, -0.15) is 0 Å². The first-order chi connectivity index (χ1) is 6.18. The number of aryl methyl sites for hydroxylation is 1. The molecule has 2 N–H and O–H groups in total. The number of imidazole rings is 1. The van der Waals surface area contributed by atoms with Crippen molar-refractivity contribution in [2.45, 2.75) is 45.2 Å². The molecule has 72 valence electrons. The molecular formula is C10H17N3. The summed E-state index contributed by atoms with van der Waals surface area (Å²) in [6.07, 6.45) is 5.89. The second-order valence-corrected chi connectivity index (χ2v) is 4.26. The van der Waals surface area contributed by atoms with Crippen molar-refractivity contribution in [2.24, 2.45) is 0 Å². The maximum absolute atomic E-state index is 4.17. The molecule has 0 radical (unpaired) electrons. The van der Waals surface area contributed by atoms with Crippen LogP contribution in [0.4, 0.5) is 0 Å². The van der Waals surface area contributed by atoms with Crippen molar-refractivity contribution >= 4 is 0 Å². The van der Waals surface area contributed by atoms with E-state index >= 15 is 0 Å². The smallest absolute Gasteiger partial charge is 0.103 e. The summed E-state index contributed by atoms with van der Waals surface area (Å²) in [6, 6.07) is 0. The minimum atomic E-state index is 0.388. The topological polar surface area (TPSA) is 40.7 Å². The van der Waals surface area contributed by atoms with Gasteiger partial charge in [-0.1, -0.05) is 0 Å². The van der Waals surface area contributed by atoms with Crippen LogP contribution in [0.2, 0.25) is 0 Å². The molecule has 1 heterocycles. The van der Waals surface area contributed by atoms with E-state index in [0.717, 1.165) is 12.4 Å². The van der Waals surface area contributed by atoms with Gasteiger partial charge in [0.1, 0.15) is 5.82 Å². The molecule has 3 nitrogen and oxygen atoms in total. The zero-order valence-electron chi connectivity index (χ0n) is 8.35. The van der Waals surface area contributed by atoms with Gasteiger partial charge in [-0.15, -0.1) is 0 Å². The molecule has 3 heteroatoms. The molecule has 1 aromatic heterocycles. The van der Waals surface area contributed by atoms with Crippen LogP contribution in [-0.2, 0) is 6.54 Å². The summed E-state index contributed by atoms with van der Waals surface area (Å²) in [5.41, 5.74) is 1.57. The molecule has 0 aliphatic heterocycles. The van der Waals surface area contributed by atoms with Crippen LogP contribution < -0.4 is 5.32 Å². The predicted octanol–water partition coefficient (Wildman–Crippen LogP) is 1.75. The maximum Gasteiger partial charge on any atom is 0.103 e. The fourth-order valence-corrected chi connectivity index (χ4v) is 1.75. The Bertz CT molecular complexity index is 286. The van der Waals surface area contributed by atoms with E-state index in [2.05, 4.69) is 22.2 Å². The monoisotopic (exact) mass is 179 g/mol. The third-order valence-electron chi connectivity index (χ3n) is 2.92. The fraction of sp³-hybridized carbons (Fsp3) is 0.700. The number of hydrogen-bond acceptors (Lipinski definition) is 2. The summed E-state index contributed by atoms with van der Waals surface area (Å²) in [7, 11) is 0. The van der Waals surface area contributed by atoms with E-state index in [1.54, 1.807) is 0 Å². The molecule has 0 bridgehead atoms. The van der Waals surface area contributed by atoms with Crippen LogP contribution in [0.1, 0.15) is 37.7 Å². The molecule has 1 aliphatic rings. The lowest BCUT2D eigenvalue weighted by molar-refractivity contribution is 0.206. The van der Waals surface area contributed by atoms with Crippen molar-refractivity contribution < 1.29 is 0 Å². The van der Waals surface area contributed by atoms with E-state index in [1.807, 2.05) is 13.1 Å². The summed E-state index contributed by atoms with van der Waals surface area (Å²) < 4.78 is 0. The largest absolute Gasteiger partial charge is 0.345 e. The molecule has 0 spiro atoms. The number of nitrogens with zero attached hydrogens (tertiary/aromatic N) is 1. The second kappa shape index (κ2) is 3.14. The Hall–Kier alpha value is -0.830. The Morgan fingerprint density at radius 1 is 1.62 bits per heavy atom. The summed E-state index contributed by atoms with van der Waals surface area (Å²) in [5.74, 6) is 0.996. The van der Waals surface area contributed by atoms with Crippen LogP contribution in [0.3, 0.4) is 0 Å². The zero-order valence-corrected chi connectivity index (χ0v) is 8.35. The molecule has 0 unspecified atom stereocenters. The molecule has 1 fully saturated rings. The van der Waals surface area contributed by atoms with E-state index < -0.39 is 0 Å². The van der Waals surface area contributed by atoms with Crippen molar-refractivity contribution in [1.82, 2.24) is 15.3 Å². The van der Waals surface area contributed by atoms with Crippen LogP contribution in [-0.4, -0.2) is 15.5 Å². The standard InChI is InChI=1S/C10H17N3/c1-8-11-6-9(13-8)7-12-10(2)4-3-5-10/h6,12H,3-5,7H2,1-2H3,(H,11,13). The Morgan fingerprint density at radius 3 is 2.85 bits per heavy atom. The van der Waals surface area contributed by atoms with E-state index in [4.69, 9.17) is 0 Å². The summed E-state index contributed by atoms with van der Waals surface area (Å²) in [5, 5.41) is 3.55. The summed E-state index contributed by atoms with van der Waals surface area (Å²) in [6.45, 7) is 5.19. The highest BCUT2D eigenvalue weighted by Crippen LogP contribution is 2.30. The highest BCUT2D eigenvalue weighted by Gasteiger charge is 2.30. The maximum atomic E-state index is 4.17. The molecule has 2 rings (SSSR count). The Kier molecular flexibility index (Phi) is 2.12. The minimum absolute atomic E-state index is 0.388. The lowest BCUT2D eigenvalue weighted by atomic mass is 9.78. The lowest BCUT2D eigenvalue weighted by Crippen LogP contribution is -2.47. The lowest BCUT2D eigenvalue weighted by Gasteiger charge is -2.39. The van der Waals surface area contributed by atoms with Gasteiger partial charge in [-0.25, -0.2) is 4.98 Å². The first-order valence-corrected chi connectivity index (χ1v) is 4.93. The van der Waals surface area contributed by atoms with Crippen molar-refractivity contribution in [1.29, 1.82) is 0 Å². The number of aromatic nitrogens is 2. The molecule has 1 saturated carbocycles. The van der Waals surface area contributed by atoms with Gasteiger partial charge in [0.2, 0.25) is 0 Å². The number of H-pyrrole nitrogens is 1. The van der Waals surface area contributed by atoms with Crippen molar-refractivity contribution in [3.05, 3.63) is 17.7 Å². The first-order valence-electron chi connectivity index (χ1n) is 4.93. The predicted molar refractivity (Wildman–Crippen MR) is 52.4 cm³/mol. The van der Waals surface area contributed by atoms with Crippen molar-refractivity contribution in [3.63, 3.8) is 0 Å².